The number of carbonyl (C=O) groups excluding carboxylic acids is 2. The van der Waals surface area contributed by atoms with Crippen LogP contribution in [0.1, 0.15) is 120 Å². The second kappa shape index (κ2) is 16.4. The van der Waals surface area contributed by atoms with Crippen molar-refractivity contribution < 1.29 is 78.9 Å². The summed E-state index contributed by atoms with van der Waals surface area (Å²) in [6.07, 6.45) is -8.64. The Morgan fingerprint density at radius 2 is 1.48 bits per heavy atom. The molecule has 5 saturated carbocycles. The Morgan fingerprint density at radius 1 is 0.820 bits per heavy atom. The summed E-state index contributed by atoms with van der Waals surface area (Å²) < 4.78 is 36.8. The fraction of sp³-hybridized carbons (Fsp3) is 0.956. The molecular weight excluding hydrogens is 796 g/mol. The van der Waals surface area contributed by atoms with Crippen LogP contribution in [0, 0.1) is 50.7 Å². The second-order valence-corrected chi connectivity index (χ2v) is 21.9. The molecule has 0 amide bonds. The number of aliphatic hydroxyl groups excluding tert-OH is 7. The zero-order chi connectivity index (χ0) is 45.0. The number of fused-ring (bicyclic) bond motifs is 2. The minimum Gasteiger partial charge on any atom is -0.455 e. The Labute approximate surface area is 359 Å². The summed E-state index contributed by atoms with van der Waals surface area (Å²) in [6.45, 7) is 15.8. The van der Waals surface area contributed by atoms with Gasteiger partial charge in [0.25, 0.3) is 0 Å². The Hall–Kier alpha value is -1.54. The smallest absolute Gasteiger partial charge is 0.303 e. The number of hydrogen-bond donors (Lipinski definition) is 8. The van der Waals surface area contributed by atoms with Gasteiger partial charge in [-0.1, -0.05) is 34.6 Å². The molecule has 21 unspecified atom stereocenters. The van der Waals surface area contributed by atoms with Gasteiger partial charge in [-0.2, -0.15) is 0 Å². The van der Waals surface area contributed by atoms with Gasteiger partial charge in [0.2, 0.25) is 0 Å². The molecule has 2 saturated heterocycles. The molecule has 2 spiro atoms. The van der Waals surface area contributed by atoms with Crippen LogP contribution in [0.25, 0.3) is 0 Å². The van der Waals surface area contributed by atoms with Crippen molar-refractivity contribution in [2.45, 2.75) is 205 Å². The quantitative estimate of drug-likeness (QED) is 0.103. The average Bonchev–Trinajstić information content (AvgIpc) is 3.76. The third-order valence-corrected chi connectivity index (χ3v) is 17.8. The number of ether oxygens (including phenoxy) is 6. The molecule has 7 rings (SSSR count). The summed E-state index contributed by atoms with van der Waals surface area (Å²) in [5.41, 5.74) is -2.91. The van der Waals surface area contributed by atoms with E-state index in [4.69, 9.17) is 28.4 Å². The minimum atomic E-state index is -1.64. The van der Waals surface area contributed by atoms with Crippen LogP contribution in [0.4, 0.5) is 0 Å². The van der Waals surface area contributed by atoms with E-state index in [9.17, 15) is 50.4 Å². The van der Waals surface area contributed by atoms with Gasteiger partial charge in [-0.3, -0.25) is 9.59 Å². The van der Waals surface area contributed by atoms with Gasteiger partial charge in [0.1, 0.15) is 30.5 Å². The zero-order valence-corrected chi connectivity index (χ0v) is 37.4. The first-order valence-electron chi connectivity index (χ1n) is 22.6. The van der Waals surface area contributed by atoms with E-state index in [1.807, 2.05) is 0 Å². The van der Waals surface area contributed by atoms with E-state index in [0.29, 0.717) is 32.1 Å². The maximum atomic E-state index is 12.3. The third-order valence-electron chi connectivity index (χ3n) is 17.8. The van der Waals surface area contributed by atoms with Crippen LogP contribution in [0.15, 0.2) is 0 Å². The second-order valence-electron chi connectivity index (χ2n) is 21.9. The number of aliphatic hydroxyl groups is 8. The first kappa shape index (κ1) is 47.4. The molecule has 0 aromatic carbocycles. The Balaban J connectivity index is 1.23. The van der Waals surface area contributed by atoms with E-state index in [1.165, 1.54) is 13.8 Å². The molecule has 350 valence electrons. The van der Waals surface area contributed by atoms with E-state index >= 15 is 0 Å². The largest absolute Gasteiger partial charge is 0.455 e. The highest BCUT2D eigenvalue weighted by atomic mass is 16.7. The van der Waals surface area contributed by atoms with Crippen molar-refractivity contribution in [2.75, 3.05) is 13.2 Å². The summed E-state index contributed by atoms with van der Waals surface area (Å²) in [6, 6.07) is 0. The molecule has 7 aliphatic rings. The van der Waals surface area contributed by atoms with Crippen molar-refractivity contribution >= 4 is 11.9 Å². The van der Waals surface area contributed by atoms with Crippen molar-refractivity contribution in [3.63, 3.8) is 0 Å². The Kier molecular flexibility index (Phi) is 12.8. The molecule has 2 heterocycles. The molecule has 16 nitrogen and oxygen atoms in total. The Bertz CT molecular complexity index is 1620. The Morgan fingerprint density at radius 3 is 2.10 bits per heavy atom. The number of carbonyl (C=O) groups is 2. The van der Waals surface area contributed by atoms with Crippen LogP contribution >= 0.6 is 0 Å². The average molecular weight is 871 g/mol. The molecule has 0 aromatic heterocycles. The third kappa shape index (κ3) is 7.61. The van der Waals surface area contributed by atoms with E-state index in [-0.39, 0.29) is 51.9 Å². The normalized spacial score (nSPS) is 50.0. The number of esters is 2. The molecule has 61 heavy (non-hydrogen) atoms. The minimum absolute atomic E-state index is 0.0587. The molecule has 16 heteroatoms. The number of rotatable bonds is 12. The lowest BCUT2D eigenvalue weighted by Gasteiger charge is -2.65. The van der Waals surface area contributed by atoms with Crippen LogP contribution < -0.4 is 0 Å². The maximum Gasteiger partial charge on any atom is 0.303 e. The van der Waals surface area contributed by atoms with Gasteiger partial charge in [0.05, 0.1) is 43.2 Å². The molecule has 5 aliphatic carbocycles. The summed E-state index contributed by atoms with van der Waals surface area (Å²) in [5, 5.41) is 87.0. The lowest BCUT2D eigenvalue weighted by Crippen LogP contribution is -2.65. The predicted octanol–water partition coefficient (Wildman–Crippen LogP) is 1.71. The van der Waals surface area contributed by atoms with E-state index < -0.39 is 109 Å². The van der Waals surface area contributed by atoms with Crippen LogP contribution in [-0.2, 0) is 38.0 Å². The molecule has 0 bridgehead atoms. The fourth-order valence-electron chi connectivity index (χ4n) is 14.8. The van der Waals surface area contributed by atoms with Crippen molar-refractivity contribution in [1.82, 2.24) is 0 Å². The van der Waals surface area contributed by atoms with E-state index in [0.717, 1.165) is 25.7 Å². The highest BCUT2D eigenvalue weighted by Gasteiger charge is 2.85. The summed E-state index contributed by atoms with van der Waals surface area (Å²) in [7, 11) is 0. The van der Waals surface area contributed by atoms with Crippen molar-refractivity contribution in [1.29, 1.82) is 0 Å². The van der Waals surface area contributed by atoms with Gasteiger partial charge >= 0.3 is 11.9 Å². The van der Waals surface area contributed by atoms with Gasteiger partial charge in [-0.25, -0.2) is 0 Å². The topological polar surface area (TPSA) is 251 Å². The maximum absolute atomic E-state index is 12.3. The zero-order valence-electron chi connectivity index (χ0n) is 37.4. The molecule has 7 fully saturated rings. The van der Waals surface area contributed by atoms with Gasteiger partial charge in [-0.15, -0.1) is 0 Å². The van der Waals surface area contributed by atoms with Gasteiger partial charge < -0.3 is 69.3 Å². The van der Waals surface area contributed by atoms with Gasteiger partial charge in [-0.05, 0) is 122 Å². The summed E-state index contributed by atoms with van der Waals surface area (Å²) in [5.74, 6) is -1.47. The molecule has 8 N–H and O–H groups in total. The highest BCUT2D eigenvalue weighted by Crippen LogP contribution is 2.89. The first-order chi connectivity index (χ1) is 28.3. The standard InChI is InChI=1S/C45H74O16/c1-21(10-11-29(51)41(6,7)55)31-24(49)17-43(9)28-16-26(59-38-34(54)33(53)32(52)27(18-46)60-38)37-40(4,5)30(12-13-45(37)20-44(28,45)15-14-42(31,43)8)61-39-36(58-23(3)48)35(57-22(2)47)25(50)19-56-39/h21,24-39,46,49-55H,10-20H2,1-9H3. The lowest BCUT2D eigenvalue weighted by atomic mass is 9.41. The molecule has 0 aromatic rings. The molecule has 0 radical (unpaired) electrons. The van der Waals surface area contributed by atoms with Crippen molar-refractivity contribution in [2.24, 2.45) is 50.7 Å². The first-order valence-corrected chi connectivity index (χ1v) is 22.6. The van der Waals surface area contributed by atoms with Gasteiger partial charge in [0, 0.05) is 13.8 Å². The van der Waals surface area contributed by atoms with E-state index in [2.05, 4.69) is 34.6 Å². The summed E-state index contributed by atoms with van der Waals surface area (Å²) >= 11 is 0. The highest BCUT2D eigenvalue weighted by molar-refractivity contribution is 5.67. The van der Waals surface area contributed by atoms with Crippen LogP contribution in [-0.4, -0.2) is 151 Å². The summed E-state index contributed by atoms with van der Waals surface area (Å²) in [4.78, 5) is 24.4. The van der Waals surface area contributed by atoms with Crippen molar-refractivity contribution in [3.8, 4) is 0 Å². The van der Waals surface area contributed by atoms with Crippen molar-refractivity contribution in [3.05, 3.63) is 0 Å². The molecule has 2 aliphatic heterocycles. The molecular formula is C45H74O16. The predicted molar refractivity (Wildman–Crippen MR) is 215 cm³/mol. The fourth-order valence-corrected chi connectivity index (χ4v) is 14.8. The van der Waals surface area contributed by atoms with Crippen LogP contribution in [0.3, 0.4) is 0 Å². The van der Waals surface area contributed by atoms with Gasteiger partial charge in [0.15, 0.2) is 24.8 Å². The monoisotopic (exact) mass is 870 g/mol. The number of hydrogen-bond acceptors (Lipinski definition) is 16. The van der Waals surface area contributed by atoms with Crippen LogP contribution in [0.5, 0.6) is 0 Å². The lowest BCUT2D eigenvalue weighted by molar-refractivity contribution is -0.339. The SMILES string of the molecule is CC(=O)OC1C(O)COC(OC2CCC34CC35CCC3(C)C(C(C)CCC(O)C(C)(C)O)C(O)CC3(C)C5CC(OC3OC(CO)C(O)C(O)C3O)C4C2(C)C)C1OC(C)=O. The van der Waals surface area contributed by atoms with Crippen LogP contribution in [0.2, 0.25) is 0 Å². The molecule has 21 atom stereocenters. The van der Waals surface area contributed by atoms with E-state index in [1.54, 1.807) is 13.8 Å².